The van der Waals surface area contributed by atoms with Crippen molar-refractivity contribution in [2.75, 3.05) is 96.1 Å². The van der Waals surface area contributed by atoms with Gasteiger partial charge in [0.2, 0.25) is 5.75 Å². The summed E-state index contributed by atoms with van der Waals surface area (Å²) in [5, 5.41) is 8.89. The fourth-order valence-corrected chi connectivity index (χ4v) is 5.63. The Hall–Kier alpha value is -4.71. The predicted molar refractivity (Wildman–Crippen MR) is 208 cm³/mol. The minimum atomic E-state index is -0.278. The highest BCUT2D eigenvalue weighted by Gasteiger charge is 2.23. The molecule has 2 fully saturated rings. The molecule has 4 heterocycles. The summed E-state index contributed by atoms with van der Waals surface area (Å²) >= 11 is 6.29. The van der Waals surface area contributed by atoms with Crippen molar-refractivity contribution in [3.05, 3.63) is 118 Å². The summed E-state index contributed by atoms with van der Waals surface area (Å²) in [5.74, 6) is 0.341. The van der Waals surface area contributed by atoms with Crippen molar-refractivity contribution < 1.29 is 9.47 Å². The maximum atomic E-state index is 13.1. The van der Waals surface area contributed by atoms with Crippen molar-refractivity contribution in [1.29, 1.82) is 0 Å². The topological polar surface area (TPSA) is 101 Å². The second kappa shape index (κ2) is 20.8. The second-order valence-electron chi connectivity index (χ2n) is 11.7. The van der Waals surface area contributed by atoms with Gasteiger partial charge in [-0.05, 0) is 45.3 Å². The Bertz CT molecular complexity index is 1780. The van der Waals surface area contributed by atoms with E-state index in [2.05, 4.69) is 62.8 Å². The van der Waals surface area contributed by atoms with E-state index in [-0.39, 0.29) is 23.6 Å². The van der Waals surface area contributed by atoms with Gasteiger partial charge in [0.25, 0.3) is 5.56 Å². The van der Waals surface area contributed by atoms with Crippen molar-refractivity contribution in [3.8, 4) is 17.1 Å². The van der Waals surface area contributed by atoms with Crippen LogP contribution in [0.3, 0.4) is 0 Å². The summed E-state index contributed by atoms with van der Waals surface area (Å²) < 4.78 is 13.9. The number of para-hydroxylation sites is 2. The lowest BCUT2D eigenvalue weighted by atomic mass is 10.2. The van der Waals surface area contributed by atoms with E-state index in [0.29, 0.717) is 31.3 Å². The van der Waals surface area contributed by atoms with E-state index in [1.165, 1.54) is 9.36 Å². The Morgan fingerprint density at radius 2 is 1.14 bits per heavy atom. The van der Waals surface area contributed by atoms with Gasteiger partial charge in [-0.2, -0.15) is 19.6 Å². The molecule has 0 atom stereocenters. The summed E-state index contributed by atoms with van der Waals surface area (Å²) in [5.41, 5.74) is 4.64. The summed E-state index contributed by atoms with van der Waals surface area (Å²) in [4.78, 5) is 34.3. The number of halogens is 1. The molecule has 0 N–H and O–H groups in total. The number of hydrogen-bond donors (Lipinski definition) is 0. The van der Waals surface area contributed by atoms with Crippen LogP contribution >= 0.6 is 11.6 Å². The maximum absolute atomic E-state index is 13.1. The number of benzene rings is 2. The quantitative estimate of drug-likeness (QED) is 0.180. The molecule has 4 aromatic rings. The van der Waals surface area contributed by atoms with Crippen LogP contribution in [0.1, 0.15) is 14.4 Å². The second-order valence-corrected chi connectivity index (χ2v) is 12.1. The molecule has 51 heavy (non-hydrogen) atoms. The Balaban J connectivity index is 0.000000256. The Morgan fingerprint density at radius 1 is 0.706 bits per heavy atom. The van der Waals surface area contributed by atoms with E-state index in [0.717, 1.165) is 69.4 Å². The van der Waals surface area contributed by atoms with Gasteiger partial charge in [-0.25, -0.2) is 0 Å². The number of likely N-dealkylation sites (N-methyl/N-ethyl adjacent to an activating group) is 2. The Labute approximate surface area is 306 Å². The summed E-state index contributed by atoms with van der Waals surface area (Å²) in [6.45, 7) is 16.8. The SMILES string of the molecule is C.C=C=C.CCOCCOc1c(N2CCN(C)CC2)cnn(-c2ccccc2)c1=O.CN1CCN(c2cnn(-c3ccccc3)c(=O)c2Cl)CC1. The van der Waals surface area contributed by atoms with Crippen LogP contribution in [0.25, 0.3) is 11.4 Å². The van der Waals surface area contributed by atoms with E-state index < -0.39 is 0 Å². The third-order valence-electron chi connectivity index (χ3n) is 8.18. The molecule has 6 rings (SSSR count). The van der Waals surface area contributed by atoms with Crippen LogP contribution in [0.2, 0.25) is 5.02 Å². The maximum Gasteiger partial charge on any atom is 0.316 e. The molecule has 2 aliphatic heterocycles. The number of aromatic nitrogens is 4. The van der Waals surface area contributed by atoms with Gasteiger partial charge in [-0.3, -0.25) is 9.59 Å². The molecule has 2 aromatic carbocycles. The molecular formula is C38H51ClN8O4. The number of rotatable bonds is 9. The average Bonchev–Trinajstić information content (AvgIpc) is 3.14. The molecule has 13 heteroatoms. The first-order valence-electron chi connectivity index (χ1n) is 16.7. The van der Waals surface area contributed by atoms with Crippen LogP contribution in [0.15, 0.2) is 102 Å². The molecule has 0 unspecified atom stereocenters. The Kier molecular flexibility index (Phi) is 16.6. The van der Waals surface area contributed by atoms with Gasteiger partial charge in [0.15, 0.2) is 0 Å². The molecule has 12 nitrogen and oxygen atoms in total. The Morgan fingerprint density at radius 3 is 1.61 bits per heavy atom. The number of hydrogen-bond acceptors (Lipinski definition) is 10. The fraction of sp³-hybridized carbons (Fsp3) is 0.395. The first-order valence-corrected chi connectivity index (χ1v) is 17.0. The van der Waals surface area contributed by atoms with E-state index in [4.69, 9.17) is 21.1 Å². The highest BCUT2D eigenvalue weighted by molar-refractivity contribution is 6.33. The minimum Gasteiger partial charge on any atom is -0.484 e. The van der Waals surface area contributed by atoms with Crippen LogP contribution in [0, 0.1) is 0 Å². The molecule has 0 radical (unpaired) electrons. The van der Waals surface area contributed by atoms with E-state index in [1.54, 1.807) is 12.4 Å². The van der Waals surface area contributed by atoms with Gasteiger partial charge in [0.05, 0.1) is 36.1 Å². The van der Waals surface area contributed by atoms with Crippen LogP contribution in [-0.4, -0.2) is 116 Å². The molecule has 0 amide bonds. The molecule has 0 spiro atoms. The number of ether oxygens (including phenoxy) is 2. The van der Waals surface area contributed by atoms with Crippen LogP contribution < -0.4 is 25.7 Å². The van der Waals surface area contributed by atoms with Gasteiger partial charge < -0.3 is 29.1 Å². The smallest absolute Gasteiger partial charge is 0.316 e. The molecule has 2 aromatic heterocycles. The number of nitrogens with zero attached hydrogens (tertiary/aromatic N) is 8. The fourth-order valence-electron chi connectivity index (χ4n) is 5.38. The van der Waals surface area contributed by atoms with E-state index in [9.17, 15) is 9.59 Å². The zero-order valence-electron chi connectivity index (χ0n) is 29.2. The van der Waals surface area contributed by atoms with Gasteiger partial charge in [-0.1, -0.05) is 68.6 Å². The number of anilines is 2. The molecule has 2 aliphatic rings. The van der Waals surface area contributed by atoms with Gasteiger partial charge in [-0.15, -0.1) is 5.73 Å². The van der Waals surface area contributed by atoms with E-state index >= 15 is 0 Å². The standard InChI is InChI=1S/C19H26N4O3.C15H17ClN4O.C3H4.CH4/c1-3-25-13-14-26-18-17(22-11-9-21(2)10-12-22)15-20-23(19(18)24)16-7-5-4-6-8-16;1-18-7-9-19(10-8-18)13-11-17-20(15(21)14(13)16)12-5-3-2-4-6-12;1-3-2;/h4-8,15H,3,9-14H2,1-2H3;2-6,11H,7-10H2,1H3;1-2H2;1H4. The van der Waals surface area contributed by atoms with Crippen LogP contribution in [-0.2, 0) is 4.74 Å². The lowest BCUT2D eigenvalue weighted by Crippen LogP contribution is -2.45. The molecule has 0 bridgehead atoms. The highest BCUT2D eigenvalue weighted by atomic mass is 35.5. The summed E-state index contributed by atoms with van der Waals surface area (Å²) in [7, 11) is 4.19. The lowest BCUT2D eigenvalue weighted by Gasteiger charge is -2.34. The van der Waals surface area contributed by atoms with Crippen molar-refractivity contribution in [1.82, 2.24) is 29.4 Å². The van der Waals surface area contributed by atoms with Crippen molar-refractivity contribution in [3.63, 3.8) is 0 Å². The van der Waals surface area contributed by atoms with Gasteiger partial charge in [0, 0.05) is 59.0 Å². The lowest BCUT2D eigenvalue weighted by molar-refractivity contribution is 0.109. The highest BCUT2D eigenvalue weighted by Crippen LogP contribution is 2.25. The average molecular weight is 719 g/mol. The van der Waals surface area contributed by atoms with Crippen LogP contribution in [0.5, 0.6) is 5.75 Å². The largest absolute Gasteiger partial charge is 0.484 e. The molecular weight excluding hydrogens is 668 g/mol. The zero-order chi connectivity index (χ0) is 35.9. The normalized spacial score (nSPS) is 14.6. The first-order chi connectivity index (χ1) is 24.3. The zero-order valence-corrected chi connectivity index (χ0v) is 30.0. The molecule has 274 valence electrons. The summed E-state index contributed by atoms with van der Waals surface area (Å²) in [6, 6.07) is 18.7. The first kappa shape index (κ1) is 40.7. The van der Waals surface area contributed by atoms with Crippen molar-refractivity contribution in [2.24, 2.45) is 0 Å². The summed E-state index contributed by atoms with van der Waals surface area (Å²) in [6.07, 6.45) is 3.41. The predicted octanol–water partition coefficient (Wildman–Crippen LogP) is 4.63. The van der Waals surface area contributed by atoms with Gasteiger partial charge in [0.1, 0.15) is 17.3 Å². The number of piperazine rings is 2. The van der Waals surface area contributed by atoms with Crippen LogP contribution in [0.4, 0.5) is 11.4 Å². The van der Waals surface area contributed by atoms with Gasteiger partial charge >= 0.3 is 5.56 Å². The molecule has 2 saturated heterocycles. The minimum absolute atomic E-state index is 0. The van der Waals surface area contributed by atoms with Crippen molar-refractivity contribution >= 4 is 23.0 Å². The third kappa shape index (κ3) is 11.1. The van der Waals surface area contributed by atoms with Crippen molar-refractivity contribution in [2.45, 2.75) is 14.4 Å². The molecule has 0 aliphatic carbocycles. The third-order valence-corrected chi connectivity index (χ3v) is 8.54. The molecule has 0 saturated carbocycles. The van der Waals surface area contributed by atoms with E-state index in [1.807, 2.05) is 67.6 Å². The monoisotopic (exact) mass is 718 g/mol.